The van der Waals surface area contributed by atoms with Crippen LogP contribution < -0.4 is 0 Å². The topological polar surface area (TPSA) is 151 Å². The normalized spacial score (nSPS) is 12.0. The molecule has 11 nitrogen and oxygen atoms in total. The van der Waals surface area contributed by atoms with Crippen molar-refractivity contribution in [3.63, 3.8) is 0 Å². The van der Waals surface area contributed by atoms with Crippen molar-refractivity contribution in [2.45, 2.75) is 19.7 Å². The predicted octanol–water partition coefficient (Wildman–Crippen LogP) is -0.160. The quantitative estimate of drug-likeness (QED) is 0.210. The second kappa shape index (κ2) is 4.26. The molecule has 0 aromatic heterocycles. The van der Waals surface area contributed by atoms with Crippen LogP contribution >= 0.6 is 0 Å². The Kier molecular flexibility index (Phi) is 3.59. The zero-order chi connectivity index (χ0) is 12.2. The van der Waals surface area contributed by atoms with E-state index in [0.29, 0.717) is 6.92 Å². The lowest BCUT2D eigenvalue weighted by Gasteiger charge is -2.04. The van der Waals surface area contributed by atoms with E-state index >= 15 is 0 Å². The Bertz CT molecular complexity index is 322. The number of amidine groups is 1. The molecule has 0 aromatic rings. The molecule has 0 spiro atoms. The summed E-state index contributed by atoms with van der Waals surface area (Å²) in [5, 5.41) is 33.2. The van der Waals surface area contributed by atoms with Crippen molar-refractivity contribution < 1.29 is 19.6 Å². The van der Waals surface area contributed by atoms with Gasteiger partial charge in [0.2, 0.25) is 0 Å². The van der Waals surface area contributed by atoms with E-state index in [1.54, 1.807) is 0 Å². The molecule has 0 fully saturated rings. The van der Waals surface area contributed by atoms with Crippen molar-refractivity contribution >= 4 is 5.84 Å². The molecule has 0 aliphatic carbocycles. The standard InChI is InChI=1S/C4H6N4O7/c1-3(6(9)10)5-15-4(2,7(11)12)8(13)14/h1-2H3/b5-3-. The van der Waals surface area contributed by atoms with E-state index in [1.165, 1.54) is 0 Å². The highest BCUT2D eigenvalue weighted by atomic mass is 16.8. The van der Waals surface area contributed by atoms with E-state index in [-0.39, 0.29) is 0 Å². The van der Waals surface area contributed by atoms with Gasteiger partial charge in [-0.3, -0.25) is 20.2 Å². The van der Waals surface area contributed by atoms with E-state index in [1.807, 2.05) is 0 Å². The van der Waals surface area contributed by atoms with Crippen LogP contribution in [0.1, 0.15) is 13.8 Å². The first-order valence-corrected chi connectivity index (χ1v) is 3.38. The van der Waals surface area contributed by atoms with Gasteiger partial charge in [0, 0.05) is 0 Å². The van der Waals surface area contributed by atoms with Gasteiger partial charge in [-0.15, -0.1) is 4.84 Å². The molecular formula is C4H6N4O7. The van der Waals surface area contributed by atoms with Gasteiger partial charge in [-0.1, -0.05) is 0 Å². The summed E-state index contributed by atoms with van der Waals surface area (Å²) in [6.45, 7) is 1.39. The second-order valence-electron chi connectivity index (χ2n) is 2.44. The molecule has 0 unspecified atom stereocenters. The first kappa shape index (κ1) is 12.7. The number of hydrogen-bond acceptors (Lipinski definition) is 8. The van der Waals surface area contributed by atoms with Crippen molar-refractivity contribution in [3.05, 3.63) is 30.3 Å². The van der Waals surface area contributed by atoms with Crippen molar-refractivity contribution in [2.75, 3.05) is 0 Å². The molecule has 0 atom stereocenters. The lowest BCUT2D eigenvalue weighted by atomic mass is 10.5. The van der Waals surface area contributed by atoms with Gasteiger partial charge >= 0.3 is 11.7 Å². The first-order valence-electron chi connectivity index (χ1n) is 3.38. The maximum Gasteiger partial charge on any atom is 0.652 e. The zero-order valence-electron chi connectivity index (χ0n) is 7.65. The molecule has 0 aliphatic heterocycles. The molecule has 11 heteroatoms. The molecule has 15 heavy (non-hydrogen) atoms. The number of hydrogen-bond donors (Lipinski definition) is 0. The molecule has 0 aliphatic rings. The van der Waals surface area contributed by atoms with Crippen LogP contribution in [0.4, 0.5) is 0 Å². The Hall–Kier alpha value is -2.33. The summed E-state index contributed by atoms with van der Waals surface area (Å²) in [7, 11) is 0. The van der Waals surface area contributed by atoms with Crippen LogP contribution in [0.15, 0.2) is 5.16 Å². The summed E-state index contributed by atoms with van der Waals surface area (Å²) in [6, 6.07) is 0. The van der Waals surface area contributed by atoms with Crippen LogP contribution in [-0.4, -0.2) is 26.5 Å². The van der Waals surface area contributed by atoms with Crippen LogP contribution in [0.3, 0.4) is 0 Å². The number of nitrogens with zero attached hydrogens (tertiary/aromatic N) is 4. The minimum atomic E-state index is -3.03. The highest BCUT2D eigenvalue weighted by Gasteiger charge is 2.57. The van der Waals surface area contributed by atoms with Crippen molar-refractivity contribution in [1.82, 2.24) is 0 Å². The van der Waals surface area contributed by atoms with E-state index in [4.69, 9.17) is 0 Å². The SMILES string of the molecule is C/C(=N/OC(C)([N+](=O)[O-])[N+](=O)[O-])[N+](=O)[O-]. The third-order valence-corrected chi connectivity index (χ3v) is 1.29. The third kappa shape index (κ3) is 2.82. The average molecular weight is 222 g/mol. The Morgan fingerprint density at radius 3 is 1.87 bits per heavy atom. The highest BCUT2D eigenvalue weighted by molar-refractivity contribution is 5.70. The molecule has 0 rings (SSSR count). The smallest absolute Gasteiger partial charge is 0.358 e. The van der Waals surface area contributed by atoms with Gasteiger partial charge in [0.1, 0.15) is 16.8 Å². The molecule has 0 bridgehead atoms. The minimum Gasteiger partial charge on any atom is -0.358 e. The second-order valence-corrected chi connectivity index (χ2v) is 2.44. The van der Waals surface area contributed by atoms with Crippen LogP contribution in [0.5, 0.6) is 0 Å². The lowest BCUT2D eigenvalue weighted by Crippen LogP contribution is -2.44. The fourth-order valence-electron chi connectivity index (χ4n) is 0.319. The molecule has 0 radical (unpaired) electrons. The van der Waals surface area contributed by atoms with Gasteiger partial charge in [0.15, 0.2) is 5.16 Å². The lowest BCUT2D eigenvalue weighted by molar-refractivity contribution is -0.846. The fourth-order valence-corrected chi connectivity index (χ4v) is 0.319. The van der Waals surface area contributed by atoms with Crippen LogP contribution in [0, 0.1) is 30.3 Å². The van der Waals surface area contributed by atoms with Gasteiger partial charge in [0.05, 0.1) is 6.92 Å². The van der Waals surface area contributed by atoms with Crippen LogP contribution in [0.2, 0.25) is 0 Å². The molecule has 0 N–H and O–H groups in total. The van der Waals surface area contributed by atoms with Crippen LogP contribution in [-0.2, 0) is 4.84 Å². The average Bonchev–Trinajstić information content (AvgIpc) is 2.12. The van der Waals surface area contributed by atoms with Gasteiger partial charge < -0.3 is 10.1 Å². The van der Waals surface area contributed by atoms with Crippen molar-refractivity contribution in [1.29, 1.82) is 0 Å². The van der Waals surface area contributed by atoms with Crippen molar-refractivity contribution in [3.8, 4) is 0 Å². The largest absolute Gasteiger partial charge is 0.652 e. The van der Waals surface area contributed by atoms with E-state index < -0.39 is 26.5 Å². The third-order valence-electron chi connectivity index (χ3n) is 1.29. The van der Waals surface area contributed by atoms with Gasteiger partial charge in [-0.2, -0.15) is 0 Å². The van der Waals surface area contributed by atoms with Gasteiger partial charge in [-0.25, -0.2) is 0 Å². The summed E-state index contributed by atoms with van der Waals surface area (Å²) in [6.07, 6.45) is 0. The number of oxime groups is 1. The summed E-state index contributed by atoms with van der Waals surface area (Å²) in [4.78, 5) is 30.7. The molecule has 0 heterocycles. The van der Waals surface area contributed by atoms with Crippen molar-refractivity contribution in [2.24, 2.45) is 5.16 Å². The first-order chi connectivity index (χ1) is 6.71. The Morgan fingerprint density at radius 1 is 1.20 bits per heavy atom. The number of rotatable bonds is 4. The van der Waals surface area contributed by atoms with E-state index in [2.05, 4.69) is 9.99 Å². The Balaban J connectivity index is 4.89. The molecule has 0 amide bonds. The molecule has 0 saturated heterocycles. The Labute approximate surface area is 81.8 Å². The van der Waals surface area contributed by atoms with Crippen LogP contribution in [0.25, 0.3) is 0 Å². The zero-order valence-corrected chi connectivity index (χ0v) is 7.65. The maximum absolute atomic E-state index is 10.2. The highest BCUT2D eigenvalue weighted by Crippen LogP contribution is 2.12. The molecule has 0 saturated carbocycles. The summed E-state index contributed by atoms with van der Waals surface area (Å²) in [5.41, 5.74) is 0. The summed E-state index contributed by atoms with van der Waals surface area (Å²) >= 11 is 0. The fraction of sp³-hybridized carbons (Fsp3) is 0.750. The van der Waals surface area contributed by atoms with E-state index in [0.717, 1.165) is 6.92 Å². The minimum absolute atomic E-state index is 0.518. The Morgan fingerprint density at radius 2 is 1.60 bits per heavy atom. The summed E-state index contributed by atoms with van der Waals surface area (Å²) < 4.78 is 0. The van der Waals surface area contributed by atoms with E-state index in [9.17, 15) is 30.3 Å². The molecule has 84 valence electrons. The molecular weight excluding hydrogens is 216 g/mol. The molecule has 0 aromatic carbocycles. The van der Waals surface area contributed by atoms with Gasteiger partial charge in [0.25, 0.3) is 0 Å². The van der Waals surface area contributed by atoms with Gasteiger partial charge in [-0.05, 0) is 4.92 Å². The predicted molar refractivity (Wildman–Crippen MR) is 43.6 cm³/mol. The summed E-state index contributed by atoms with van der Waals surface area (Å²) in [5.74, 6) is -3.86. The maximum atomic E-state index is 10.2. The number of nitro groups is 3. The monoisotopic (exact) mass is 222 g/mol.